The van der Waals surface area contributed by atoms with E-state index in [1.807, 2.05) is 18.2 Å². The van der Waals surface area contributed by atoms with Gasteiger partial charge in [0, 0.05) is 13.1 Å². The molecule has 0 aliphatic heterocycles. The van der Waals surface area contributed by atoms with Crippen LogP contribution in [0.4, 0.5) is 5.69 Å². The van der Waals surface area contributed by atoms with E-state index in [1.54, 1.807) is 6.92 Å². The highest BCUT2D eigenvalue weighted by molar-refractivity contribution is 6.33. The van der Waals surface area contributed by atoms with Crippen LogP contribution in [0.1, 0.15) is 45.3 Å². The quantitative estimate of drug-likeness (QED) is 0.859. The number of aliphatic hydroxyl groups excluding tert-OH is 1. The van der Waals surface area contributed by atoms with Crippen LogP contribution >= 0.6 is 11.6 Å². The van der Waals surface area contributed by atoms with Crippen molar-refractivity contribution >= 4 is 17.3 Å². The van der Waals surface area contributed by atoms with Crippen molar-refractivity contribution in [3.63, 3.8) is 0 Å². The standard InChI is InChI=1S/C14H22ClNO/c1-5-6-10(2)16(4)14-8-7-12(11(3)17)9-13(14)15/h7-11,17H,5-6H2,1-4H3/t10?,11-/m1/s1. The van der Waals surface area contributed by atoms with E-state index in [0.29, 0.717) is 11.1 Å². The van der Waals surface area contributed by atoms with Gasteiger partial charge in [-0.15, -0.1) is 0 Å². The van der Waals surface area contributed by atoms with Gasteiger partial charge in [-0.1, -0.05) is 31.0 Å². The van der Waals surface area contributed by atoms with Crippen molar-refractivity contribution in [3.8, 4) is 0 Å². The molecule has 1 aromatic carbocycles. The molecule has 0 radical (unpaired) electrons. The first kappa shape index (κ1) is 14.3. The fraction of sp³-hybridized carbons (Fsp3) is 0.571. The average Bonchev–Trinajstić information content (AvgIpc) is 2.28. The fourth-order valence-corrected chi connectivity index (χ4v) is 2.24. The largest absolute Gasteiger partial charge is 0.389 e. The van der Waals surface area contributed by atoms with E-state index in [0.717, 1.165) is 24.1 Å². The molecule has 2 nitrogen and oxygen atoms in total. The zero-order valence-corrected chi connectivity index (χ0v) is 11.8. The molecule has 0 aliphatic carbocycles. The van der Waals surface area contributed by atoms with Crippen LogP contribution in [0.25, 0.3) is 0 Å². The molecule has 1 aromatic rings. The number of hydrogen-bond donors (Lipinski definition) is 1. The van der Waals surface area contributed by atoms with Crippen LogP contribution in [0.5, 0.6) is 0 Å². The zero-order chi connectivity index (χ0) is 13.0. The van der Waals surface area contributed by atoms with Crippen LogP contribution in [0.15, 0.2) is 18.2 Å². The maximum atomic E-state index is 9.50. The first-order valence-corrected chi connectivity index (χ1v) is 6.55. The summed E-state index contributed by atoms with van der Waals surface area (Å²) in [7, 11) is 2.06. The predicted octanol–water partition coefficient (Wildman–Crippen LogP) is 4.02. The molecule has 1 unspecified atom stereocenters. The first-order chi connectivity index (χ1) is 7.97. The molecule has 0 aromatic heterocycles. The molecule has 0 aliphatic rings. The van der Waals surface area contributed by atoms with Crippen LogP contribution in [-0.2, 0) is 0 Å². The van der Waals surface area contributed by atoms with Crippen molar-refractivity contribution in [2.24, 2.45) is 0 Å². The lowest BCUT2D eigenvalue weighted by atomic mass is 10.1. The van der Waals surface area contributed by atoms with Crippen molar-refractivity contribution in [2.75, 3.05) is 11.9 Å². The summed E-state index contributed by atoms with van der Waals surface area (Å²) < 4.78 is 0. The van der Waals surface area contributed by atoms with Crippen molar-refractivity contribution in [1.29, 1.82) is 0 Å². The normalized spacial score (nSPS) is 14.5. The lowest BCUT2D eigenvalue weighted by molar-refractivity contribution is 0.199. The Labute approximate surface area is 109 Å². The van der Waals surface area contributed by atoms with Gasteiger partial charge in [0.1, 0.15) is 0 Å². The van der Waals surface area contributed by atoms with E-state index in [9.17, 15) is 5.11 Å². The van der Waals surface area contributed by atoms with Crippen LogP contribution in [-0.4, -0.2) is 18.2 Å². The summed E-state index contributed by atoms with van der Waals surface area (Å²) in [5.74, 6) is 0. The summed E-state index contributed by atoms with van der Waals surface area (Å²) >= 11 is 6.26. The highest BCUT2D eigenvalue weighted by Crippen LogP contribution is 2.30. The Hall–Kier alpha value is -0.730. The monoisotopic (exact) mass is 255 g/mol. The van der Waals surface area contributed by atoms with Crippen LogP contribution in [0, 0.1) is 0 Å². The van der Waals surface area contributed by atoms with Crippen molar-refractivity contribution in [1.82, 2.24) is 0 Å². The average molecular weight is 256 g/mol. The summed E-state index contributed by atoms with van der Waals surface area (Å²) in [6.07, 6.45) is 1.83. The topological polar surface area (TPSA) is 23.5 Å². The maximum Gasteiger partial charge on any atom is 0.0762 e. The molecule has 1 rings (SSSR count). The number of benzene rings is 1. The van der Waals surface area contributed by atoms with Crippen LogP contribution in [0.2, 0.25) is 5.02 Å². The van der Waals surface area contributed by atoms with Gasteiger partial charge < -0.3 is 10.0 Å². The summed E-state index contributed by atoms with van der Waals surface area (Å²) in [6.45, 7) is 6.12. The summed E-state index contributed by atoms with van der Waals surface area (Å²) in [5, 5.41) is 10.2. The Morgan fingerprint density at radius 2 is 2.00 bits per heavy atom. The Balaban J connectivity index is 2.91. The number of nitrogens with zero attached hydrogens (tertiary/aromatic N) is 1. The number of aliphatic hydroxyl groups is 1. The number of hydrogen-bond acceptors (Lipinski definition) is 2. The SMILES string of the molecule is CCCC(C)N(C)c1ccc([C@@H](C)O)cc1Cl. The van der Waals surface area contributed by atoms with Crippen LogP contribution in [0.3, 0.4) is 0 Å². The van der Waals surface area contributed by atoms with Gasteiger partial charge in [0.2, 0.25) is 0 Å². The molecule has 0 saturated carbocycles. The number of halogens is 1. The third kappa shape index (κ3) is 3.62. The molecule has 0 amide bonds. The molecule has 96 valence electrons. The van der Waals surface area contributed by atoms with E-state index in [2.05, 4.69) is 25.8 Å². The molecule has 2 atom stereocenters. The van der Waals surface area contributed by atoms with Gasteiger partial charge in [-0.25, -0.2) is 0 Å². The van der Waals surface area contributed by atoms with E-state index in [4.69, 9.17) is 11.6 Å². The van der Waals surface area contributed by atoms with Gasteiger partial charge in [0.15, 0.2) is 0 Å². The second-order valence-corrected chi connectivity index (χ2v) is 5.04. The van der Waals surface area contributed by atoms with Crippen LogP contribution < -0.4 is 4.90 Å². The van der Waals surface area contributed by atoms with E-state index < -0.39 is 6.10 Å². The minimum atomic E-state index is -0.472. The first-order valence-electron chi connectivity index (χ1n) is 6.17. The van der Waals surface area contributed by atoms with Gasteiger partial charge in [-0.3, -0.25) is 0 Å². The molecule has 0 spiro atoms. The van der Waals surface area contributed by atoms with E-state index in [-0.39, 0.29) is 0 Å². The third-order valence-electron chi connectivity index (χ3n) is 3.20. The number of rotatable bonds is 5. The van der Waals surface area contributed by atoms with Crippen molar-refractivity contribution < 1.29 is 5.11 Å². The van der Waals surface area contributed by atoms with Gasteiger partial charge in [0.05, 0.1) is 16.8 Å². The Morgan fingerprint density at radius 1 is 1.35 bits per heavy atom. The minimum Gasteiger partial charge on any atom is -0.389 e. The van der Waals surface area contributed by atoms with Gasteiger partial charge >= 0.3 is 0 Å². The molecule has 1 N–H and O–H groups in total. The number of anilines is 1. The van der Waals surface area contributed by atoms with E-state index in [1.165, 1.54) is 0 Å². The Morgan fingerprint density at radius 3 is 2.47 bits per heavy atom. The lowest BCUT2D eigenvalue weighted by Gasteiger charge is -2.28. The highest BCUT2D eigenvalue weighted by atomic mass is 35.5. The molecular formula is C14H22ClNO. The summed E-state index contributed by atoms with van der Waals surface area (Å²) in [6, 6.07) is 6.23. The molecule has 3 heteroatoms. The minimum absolute atomic E-state index is 0.467. The van der Waals surface area contributed by atoms with Gasteiger partial charge in [0.25, 0.3) is 0 Å². The highest BCUT2D eigenvalue weighted by Gasteiger charge is 2.13. The zero-order valence-electron chi connectivity index (χ0n) is 11.1. The molecule has 0 bridgehead atoms. The fourth-order valence-electron chi connectivity index (χ4n) is 1.92. The molecular weight excluding hydrogens is 234 g/mol. The molecule has 0 saturated heterocycles. The lowest BCUT2D eigenvalue weighted by Crippen LogP contribution is -2.28. The van der Waals surface area contributed by atoms with Gasteiger partial charge in [-0.2, -0.15) is 0 Å². The van der Waals surface area contributed by atoms with Crippen molar-refractivity contribution in [2.45, 2.75) is 45.8 Å². The second-order valence-electron chi connectivity index (χ2n) is 4.64. The second kappa shape index (κ2) is 6.27. The Kier molecular flexibility index (Phi) is 5.29. The molecule has 0 fully saturated rings. The third-order valence-corrected chi connectivity index (χ3v) is 3.50. The van der Waals surface area contributed by atoms with Gasteiger partial charge in [-0.05, 0) is 38.0 Å². The maximum absolute atomic E-state index is 9.50. The predicted molar refractivity (Wildman–Crippen MR) is 74.9 cm³/mol. The van der Waals surface area contributed by atoms with Crippen molar-refractivity contribution in [3.05, 3.63) is 28.8 Å². The van der Waals surface area contributed by atoms with E-state index >= 15 is 0 Å². The summed E-state index contributed by atoms with van der Waals surface area (Å²) in [4.78, 5) is 2.19. The molecule has 0 heterocycles. The smallest absolute Gasteiger partial charge is 0.0762 e. The molecule has 17 heavy (non-hydrogen) atoms. The summed E-state index contributed by atoms with van der Waals surface area (Å²) in [5.41, 5.74) is 1.88. The Bertz CT molecular complexity index is 365.